The monoisotopic (exact) mass is 227 g/mol. The molecule has 0 atom stereocenters. The lowest BCUT2D eigenvalue weighted by Crippen LogP contribution is -2.16. The fourth-order valence-corrected chi connectivity index (χ4v) is 1.87. The van der Waals surface area contributed by atoms with E-state index < -0.39 is 0 Å². The molecule has 3 rings (SSSR count). The molecule has 0 fully saturated rings. The summed E-state index contributed by atoms with van der Waals surface area (Å²) in [5.41, 5.74) is 3.05. The molecule has 0 radical (unpaired) electrons. The molecule has 3 nitrogen and oxygen atoms in total. The minimum absolute atomic E-state index is 1.14. The van der Waals surface area contributed by atoms with Gasteiger partial charge in [-0.2, -0.15) is 0 Å². The molecule has 0 unspecified atom stereocenters. The summed E-state index contributed by atoms with van der Waals surface area (Å²) in [7, 11) is 0. The Bertz CT molecular complexity index is 377. The normalized spacial score (nSPS) is 13.9. The highest BCUT2D eigenvalue weighted by Crippen LogP contribution is 2.11. The van der Waals surface area contributed by atoms with Gasteiger partial charge in [-0.15, -0.1) is 0 Å². The quantitative estimate of drug-likeness (QED) is 0.746. The zero-order chi connectivity index (χ0) is 11.8. The number of benzene rings is 1. The number of rotatable bonds is 0. The Labute approximate surface area is 102 Å². The first-order chi connectivity index (χ1) is 8.47. The highest BCUT2D eigenvalue weighted by molar-refractivity contribution is 5.28. The standard InChI is InChI=1S/C10H13N.C4H4N2/c1-2-4-10-6-8-11-7-5-9(10)3-1;1-2-6-4-3-5-1/h1-4,11H,5-8H2;1-4H. The molecule has 2 aromatic rings. The summed E-state index contributed by atoms with van der Waals surface area (Å²) in [6.45, 7) is 2.27. The van der Waals surface area contributed by atoms with Crippen LogP contribution in [0.2, 0.25) is 0 Å². The molecule has 1 N–H and O–H groups in total. The Hall–Kier alpha value is -1.74. The van der Waals surface area contributed by atoms with Gasteiger partial charge in [0.2, 0.25) is 0 Å². The molecule has 3 heteroatoms. The Morgan fingerprint density at radius 3 is 1.65 bits per heavy atom. The van der Waals surface area contributed by atoms with E-state index in [0.717, 1.165) is 13.1 Å². The van der Waals surface area contributed by atoms with Gasteiger partial charge in [-0.3, -0.25) is 9.97 Å². The lowest BCUT2D eigenvalue weighted by atomic mass is 10.0. The molecule has 2 heterocycles. The lowest BCUT2D eigenvalue weighted by Gasteiger charge is -2.01. The first-order valence-electron chi connectivity index (χ1n) is 5.94. The van der Waals surface area contributed by atoms with Gasteiger partial charge >= 0.3 is 0 Å². The van der Waals surface area contributed by atoms with Gasteiger partial charge in [-0.05, 0) is 37.1 Å². The first-order valence-corrected chi connectivity index (χ1v) is 5.94. The topological polar surface area (TPSA) is 37.8 Å². The average molecular weight is 227 g/mol. The van der Waals surface area contributed by atoms with Crippen molar-refractivity contribution in [1.82, 2.24) is 15.3 Å². The SMILES string of the molecule is c1ccc2c(c1)CCNCC2.c1cnccn1. The third kappa shape index (κ3) is 3.96. The second-order valence-corrected chi connectivity index (χ2v) is 3.91. The predicted octanol–water partition coefficient (Wildman–Crippen LogP) is 1.85. The Kier molecular flexibility index (Phi) is 4.67. The summed E-state index contributed by atoms with van der Waals surface area (Å²) < 4.78 is 0. The van der Waals surface area contributed by atoms with E-state index in [-0.39, 0.29) is 0 Å². The van der Waals surface area contributed by atoms with Crippen LogP contribution in [0.4, 0.5) is 0 Å². The number of aromatic nitrogens is 2. The number of fused-ring (bicyclic) bond motifs is 1. The zero-order valence-electron chi connectivity index (χ0n) is 9.84. The molecule has 0 saturated heterocycles. The van der Waals surface area contributed by atoms with E-state index >= 15 is 0 Å². The molecule has 0 aliphatic carbocycles. The largest absolute Gasteiger partial charge is 0.316 e. The third-order valence-corrected chi connectivity index (χ3v) is 2.74. The van der Waals surface area contributed by atoms with Crippen LogP contribution in [0.25, 0.3) is 0 Å². The van der Waals surface area contributed by atoms with E-state index in [2.05, 4.69) is 39.6 Å². The molecule has 0 spiro atoms. The smallest absolute Gasteiger partial charge is 0.0451 e. The molecule has 0 saturated carbocycles. The molecular weight excluding hydrogens is 210 g/mol. The molecule has 88 valence electrons. The lowest BCUT2D eigenvalue weighted by molar-refractivity contribution is 0.711. The van der Waals surface area contributed by atoms with E-state index in [1.807, 2.05) is 0 Å². The number of nitrogens with one attached hydrogen (secondary N) is 1. The maximum Gasteiger partial charge on any atom is 0.0451 e. The van der Waals surface area contributed by atoms with Crippen molar-refractivity contribution in [3.8, 4) is 0 Å². The van der Waals surface area contributed by atoms with Crippen LogP contribution in [-0.4, -0.2) is 23.1 Å². The van der Waals surface area contributed by atoms with Crippen molar-refractivity contribution in [3.05, 3.63) is 60.2 Å². The van der Waals surface area contributed by atoms with Crippen LogP contribution in [-0.2, 0) is 12.8 Å². The maximum absolute atomic E-state index is 3.72. The van der Waals surface area contributed by atoms with Gasteiger partial charge in [-0.25, -0.2) is 0 Å². The number of nitrogens with zero attached hydrogens (tertiary/aromatic N) is 2. The fraction of sp³-hybridized carbons (Fsp3) is 0.286. The molecule has 0 amide bonds. The molecule has 1 aromatic heterocycles. The summed E-state index contributed by atoms with van der Waals surface area (Å²) in [5.74, 6) is 0. The Balaban J connectivity index is 0.000000153. The van der Waals surface area contributed by atoms with Crippen LogP contribution >= 0.6 is 0 Å². The number of hydrogen-bond acceptors (Lipinski definition) is 3. The minimum atomic E-state index is 1.14. The molecule has 1 aliphatic rings. The average Bonchev–Trinajstić information content (AvgIpc) is 2.66. The van der Waals surface area contributed by atoms with E-state index in [0.29, 0.717) is 0 Å². The van der Waals surface area contributed by atoms with Crippen molar-refractivity contribution in [2.75, 3.05) is 13.1 Å². The summed E-state index contributed by atoms with van der Waals surface area (Å²) in [6.07, 6.45) is 8.94. The molecule has 0 bridgehead atoms. The van der Waals surface area contributed by atoms with Crippen molar-refractivity contribution < 1.29 is 0 Å². The zero-order valence-corrected chi connectivity index (χ0v) is 9.84. The van der Waals surface area contributed by atoms with Gasteiger partial charge in [0.1, 0.15) is 0 Å². The summed E-state index contributed by atoms with van der Waals surface area (Å²) >= 11 is 0. The second kappa shape index (κ2) is 6.76. The maximum atomic E-state index is 3.72. The predicted molar refractivity (Wildman–Crippen MR) is 68.8 cm³/mol. The van der Waals surface area contributed by atoms with Gasteiger partial charge in [-0.1, -0.05) is 24.3 Å². The summed E-state index contributed by atoms with van der Waals surface area (Å²) in [4.78, 5) is 7.44. The van der Waals surface area contributed by atoms with Crippen LogP contribution in [0, 0.1) is 0 Å². The van der Waals surface area contributed by atoms with Gasteiger partial charge in [0.15, 0.2) is 0 Å². The second-order valence-electron chi connectivity index (χ2n) is 3.91. The van der Waals surface area contributed by atoms with Crippen molar-refractivity contribution in [2.24, 2.45) is 0 Å². The first kappa shape index (κ1) is 11.7. The van der Waals surface area contributed by atoms with E-state index in [1.54, 1.807) is 24.8 Å². The van der Waals surface area contributed by atoms with Crippen LogP contribution in [0.5, 0.6) is 0 Å². The molecule has 17 heavy (non-hydrogen) atoms. The molecular formula is C14H17N3. The fourth-order valence-electron chi connectivity index (χ4n) is 1.87. The van der Waals surface area contributed by atoms with Crippen LogP contribution < -0.4 is 5.32 Å². The highest BCUT2D eigenvalue weighted by atomic mass is 14.8. The van der Waals surface area contributed by atoms with Gasteiger partial charge < -0.3 is 5.32 Å². The highest BCUT2D eigenvalue weighted by Gasteiger charge is 2.04. The third-order valence-electron chi connectivity index (χ3n) is 2.74. The number of hydrogen-bond donors (Lipinski definition) is 1. The molecule has 1 aliphatic heterocycles. The van der Waals surface area contributed by atoms with Crippen molar-refractivity contribution >= 4 is 0 Å². The molecule has 1 aromatic carbocycles. The van der Waals surface area contributed by atoms with Gasteiger partial charge in [0.25, 0.3) is 0 Å². The minimum Gasteiger partial charge on any atom is -0.316 e. The summed E-state index contributed by atoms with van der Waals surface area (Å²) in [5, 5.41) is 3.39. The van der Waals surface area contributed by atoms with Gasteiger partial charge in [0.05, 0.1) is 0 Å². The van der Waals surface area contributed by atoms with Crippen molar-refractivity contribution in [2.45, 2.75) is 12.8 Å². The van der Waals surface area contributed by atoms with E-state index in [1.165, 1.54) is 24.0 Å². The van der Waals surface area contributed by atoms with Crippen molar-refractivity contribution in [1.29, 1.82) is 0 Å². The van der Waals surface area contributed by atoms with Crippen LogP contribution in [0.1, 0.15) is 11.1 Å². The van der Waals surface area contributed by atoms with E-state index in [4.69, 9.17) is 0 Å². The van der Waals surface area contributed by atoms with Crippen molar-refractivity contribution in [3.63, 3.8) is 0 Å². The van der Waals surface area contributed by atoms with E-state index in [9.17, 15) is 0 Å². The van der Waals surface area contributed by atoms with Gasteiger partial charge in [0, 0.05) is 24.8 Å². The van der Waals surface area contributed by atoms with Crippen LogP contribution in [0.15, 0.2) is 49.1 Å². The Morgan fingerprint density at radius 2 is 1.24 bits per heavy atom. The Morgan fingerprint density at radius 1 is 0.765 bits per heavy atom. The van der Waals surface area contributed by atoms with Crippen LogP contribution in [0.3, 0.4) is 0 Å². The summed E-state index contributed by atoms with van der Waals surface area (Å²) in [6, 6.07) is 8.74.